The Balaban J connectivity index is 2.13. The molecular formula is C26H33N3O10. The number of phenols is 1. The minimum Gasteiger partial charge on any atom is -0.595 e. The van der Waals surface area contributed by atoms with Gasteiger partial charge >= 0.3 is 0 Å². The summed E-state index contributed by atoms with van der Waals surface area (Å²) in [6.07, 6.45) is -1.81. The first-order valence-corrected chi connectivity index (χ1v) is 12.3. The van der Waals surface area contributed by atoms with Crippen molar-refractivity contribution in [2.75, 3.05) is 14.1 Å². The van der Waals surface area contributed by atoms with Crippen molar-refractivity contribution in [2.45, 2.75) is 56.8 Å². The summed E-state index contributed by atoms with van der Waals surface area (Å²) in [4.78, 5) is 40.6. The molecule has 1 fully saturated rings. The van der Waals surface area contributed by atoms with Gasteiger partial charge in [-0.3, -0.25) is 19.3 Å². The predicted molar refractivity (Wildman–Crippen MR) is 135 cm³/mol. The third-order valence-corrected chi connectivity index (χ3v) is 8.26. The number of hydrogen-bond donors (Lipinski definition) is 8. The van der Waals surface area contributed by atoms with Gasteiger partial charge in [0.05, 0.1) is 23.6 Å². The van der Waals surface area contributed by atoms with Crippen LogP contribution < -0.4 is 11.0 Å². The van der Waals surface area contributed by atoms with Gasteiger partial charge < -0.3 is 36.5 Å². The van der Waals surface area contributed by atoms with E-state index in [4.69, 9.17) is 5.73 Å². The number of nitrogens with one attached hydrogen (secondary N) is 1. The lowest BCUT2D eigenvalue weighted by atomic mass is 9.54. The van der Waals surface area contributed by atoms with Crippen molar-refractivity contribution in [1.29, 1.82) is 0 Å². The normalized spacial score (nSPS) is 31.7. The summed E-state index contributed by atoms with van der Waals surface area (Å²) in [5.41, 5.74) is -0.636. The van der Waals surface area contributed by atoms with Gasteiger partial charge in [-0.25, -0.2) is 5.21 Å². The molecule has 13 nitrogen and oxygen atoms in total. The molecule has 0 aromatic heterocycles. The van der Waals surface area contributed by atoms with Crippen molar-refractivity contribution < 1.29 is 50.4 Å². The van der Waals surface area contributed by atoms with Crippen LogP contribution in [-0.4, -0.2) is 85.0 Å². The van der Waals surface area contributed by atoms with Crippen LogP contribution in [0.5, 0.6) is 5.75 Å². The molecule has 0 radical (unpaired) electrons. The molecule has 0 saturated heterocycles. The van der Waals surface area contributed by atoms with E-state index >= 15 is 0 Å². The molecule has 13 heteroatoms. The molecule has 4 rings (SSSR count). The zero-order valence-corrected chi connectivity index (χ0v) is 22.3. The van der Waals surface area contributed by atoms with Crippen LogP contribution in [0, 0.1) is 17.0 Å². The number of aliphatic hydroxyl groups is 4. The largest absolute Gasteiger partial charge is 0.595 e. The highest BCUT2D eigenvalue weighted by atomic mass is 16.8. The highest BCUT2D eigenvalue weighted by Crippen LogP contribution is 2.57. The topological polar surface area (TPSA) is 229 Å². The smallest absolute Gasteiger partial charge is 0.255 e. The minimum absolute atomic E-state index is 0.0438. The van der Waals surface area contributed by atoms with E-state index in [0.717, 1.165) is 0 Å². The summed E-state index contributed by atoms with van der Waals surface area (Å²) in [7, 11) is 2.80. The maximum absolute atomic E-state index is 14.0. The van der Waals surface area contributed by atoms with E-state index in [1.807, 2.05) is 0 Å². The first kappa shape index (κ1) is 28.7. The van der Waals surface area contributed by atoms with E-state index in [2.05, 4.69) is 0 Å². The van der Waals surface area contributed by atoms with Gasteiger partial charge in [0, 0.05) is 28.7 Å². The van der Waals surface area contributed by atoms with Crippen LogP contribution in [0.15, 0.2) is 23.0 Å². The second kappa shape index (κ2) is 8.84. The molecular weight excluding hydrogens is 514 g/mol. The van der Waals surface area contributed by atoms with Gasteiger partial charge in [-0.05, 0) is 25.4 Å². The molecule has 1 aromatic rings. The van der Waals surface area contributed by atoms with Crippen molar-refractivity contribution in [3.63, 3.8) is 0 Å². The number of rotatable bonds is 3. The average molecular weight is 548 g/mol. The van der Waals surface area contributed by atoms with E-state index in [-0.39, 0.29) is 22.4 Å². The van der Waals surface area contributed by atoms with E-state index in [0.29, 0.717) is 0 Å². The molecule has 3 aliphatic carbocycles. The van der Waals surface area contributed by atoms with Gasteiger partial charge in [0.15, 0.2) is 17.1 Å². The average Bonchev–Trinajstić information content (AvgIpc) is 2.79. The number of aliphatic hydroxyl groups excluding tert-OH is 3. The second-order valence-corrected chi connectivity index (χ2v) is 11.7. The molecule has 0 spiro atoms. The fourth-order valence-corrected chi connectivity index (χ4v) is 6.52. The van der Waals surface area contributed by atoms with Crippen LogP contribution in [0.3, 0.4) is 0 Å². The predicted octanol–water partition coefficient (Wildman–Crippen LogP) is -0.803. The first-order chi connectivity index (χ1) is 17.8. The Morgan fingerprint density at radius 1 is 1.18 bits per heavy atom. The molecule has 39 heavy (non-hydrogen) atoms. The van der Waals surface area contributed by atoms with E-state index in [1.54, 1.807) is 20.8 Å². The Hall–Kier alpha value is -3.33. The number of nitrogens with zero attached hydrogens (tertiary/aromatic N) is 1. The van der Waals surface area contributed by atoms with Crippen molar-refractivity contribution >= 4 is 28.9 Å². The Bertz CT molecular complexity index is 1370. The van der Waals surface area contributed by atoms with Gasteiger partial charge in [-0.1, -0.05) is 27.7 Å². The molecule has 0 bridgehead atoms. The van der Waals surface area contributed by atoms with Crippen LogP contribution in [0.4, 0.5) is 5.69 Å². The highest BCUT2D eigenvalue weighted by Gasteiger charge is 2.68. The number of carbonyl (C=O) groups is 3. The van der Waals surface area contributed by atoms with Gasteiger partial charge in [0.25, 0.3) is 5.91 Å². The maximum atomic E-state index is 14.0. The standard InChI is InChI=1S/C26H33N3O10/c1-8-11-10(29(38)39)7-9(25(2,3)4)18(30)13(11)19(31)14-12(8)20(32)16-17(28(5)6)21(33)15(24(27)36)23(35)26(16,37)22(14)34/h7-8,12,16-17,20,29-32,35,37-38H,1-6H3,(H2,27,36)/t8-,12+,16+,17-,20-,26-/m1/s1. The van der Waals surface area contributed by atoms with Gasteiger partial charge in [0.2, 0.25) is 5.78 Å². The summed E-state index contributed by atoms with van der Waals surface area (Å²) in [5.74, 6) is -10.6. The maximum Gasteiger partial charge on any atom is 0.255 e. The quantitative estimate of drug-likeness (QED) is 0.133. The van der Waals surface area contributed by atoms with Gasteiger partial charge in [-0.2, -0.15) is 5.23 Å². The molecule has 1 aromatic carbocycles. The number of aromatic hydroxyl groups is 1. The van der Waals surface area contributed by atoms with Crippen molar-refractivity contribution in [2.24, 2.45) is 17.6 Å². The molecule has 0 heterocycles. The third-order valence-electron chi connectivity index (χ3n) is 8.26. The Morgan fingerprint density at radius 2 is 1.74 bits per heavy atom. The number of phenolic OH excluding ortho intramolecular Hbond substituents is 1. The van der Waals surface area contributed by atoms with E-state index in [1.165, 1.54) is 32.0 Å². The first-order valence-electron chi connectivity index (χ1n) is 12.3. The monoisotopic (exact) mass is 547 g/mol. The SMILES string of the molecule is C[C@@H]1c2c([NH+]([O-])O)cc(C(C)(C)C)c(O)c2C(O)=C2C(=O)[C@@]3(O)C(O)=C(C(N)=O)C(=O)[C@H](N(C)C)[C@H]3[C@H](O)[C@H]21. The number of carbonyl (C=O) groups excluding carboxylic acids is 3. The number of Topliss-reactive ketones (excluding diaryl/α,β-unsaturated/α-hetero) is 2. The van der Waals surface area contributed by atoms with Crippen LogP contribution in [-0.2, 0) is 19.8 Å². The van der Waals surface area contributed by atoms with E-state index in [9.17, 15) is 50.3 Å². The summed E-state index contributed by atoms with van der Waals surface area (Å²) < 4.78 is 0. The third kappa shape index (κ3) is 3.65. The van der Waals surface area contributed by atoms with Crippen molar-refractivity contribution in [3.05, 3.63) is 44.9 Å². The number of nitrogens with two attached hydrogens (primary N) is 1. The molecule has 3 aliphatic rings. The molecule has 212 valence electrons. The summed E-state index contributed by atoms with van der Waals surface area (Å²) in [5, 5.41) is 78.0. The number of quaternary nitrogens is 1. The lowest BCUT2D eigenvalue weighted by Gasteiger charge is -2.53. The van der Waals surface area contributed by atoms with Crippen LogP contribution in [0.2, 0.25) is 0 Å². The number of ketones is 2. The Labute approximate surface area is 223 Å². The zero-order chi connectivity index (χ0) is 29.7. The van der Waals surface area contributed by atoms with Gasteiger partial charge in [0.1, 0.15) is 22.8 Å². The molecule has 7 atom stereocenters. The number of likely N-dealkylation sites (N-methyl/N-ethyl adjacent to an activating group) is 1. The molecule has 0 aliphatic heterocycles. The summed E-state index contributed by atoms with van der Waals surface area (Å²) in [6, 6.07) is -0.223. The number of fused-ring (bicyclic) bond motifs is 3. The van der Waals surface area contributed by atoms with E-state index < -0.39 is 92.0 Å². The van der Waals surface area contributed by atoms with Gasteiger partial charge in [-0.15, -0.1) is 0 Å². The molecule has 1 unspecified atom stereocenters. The minimum atomic E-state index is -3.05. The van der Waals surface area contributed by atoms with Crippen LogP contribution >= 0.6 is 0 Å². The Kier molecular flexibility index (Phi) is 6.50. The molecule has 1 saturated carbocycles. The lowest BCUT2D eigenvalue weighted by Crippen LogP contribution is -2.99. The fourth-order valence-electron chi connectivity index (χ4n) is 6.52. The van der Waals surface area contributed by atoms with Crippen LogP contribution in [0.25, 0.3) is 5.76 Å². The number of amides is 1. The van der Waals surface area contributed by atoms with Crippen LogP contribution in [0.1, 0.15) is 50.3 Å². The zero-order valence-electron chi connectivity index (χ0n) is 22.3. The lowest BCUT2D eigenvalue weighted by molar-refractivity contribution is -0.991. The highest BCUT2D eigenvalue weighted by molar-refractivity contribution is 6.24. The Morgan fingerprint density at radius 3 is 2.21 bits per heavy atom. The second-order valence-electron chi connectivity index (χ2n) is 11.7. The molecule has 9 N–H and O–H groups in total. The summed E-state index contributed by atoms with van der Waals surface area (Å²) >= 11 is 0. The van der Waals surface area contributed by atoms with Crippen molar-refractivity contribution in [3.8, 4) is 5.75 Å². The molecule has 1 amide bonds. The fraction of sp³-hybridized carbons (Fsp3) is 0.500. The number of benzene rings is 1. The number of hydrogen-bond acceptors (Lipinski definition) is 11. The summed E-state index contributed by atoms with van der Waals surface area (Å²) in [6.45, 7) is 6.60. The number of primary amides is 1. The van der Waals surface area contributed by atoms with Crippen molar-refractivity contribution in [1.82, 2.24) is 4.90 Å².